The smallest absolute Gasteiger partial charge is 0.233 e. The highest BCUT2D eigenvalue weighted by Crippen LogP contribution is 2.67. The molecule has 4 amide bonds. The number of amides is 4. The molecule has 0 bridgehead atoms. The summed E-state index contributed by atoms with van der Waals surface area (Å²) >= 11 is 4.44. The van der Waals surface area contributed by atoms with Crippen molar-refractivity contribution in [1.29, 1.82) is 21.0 Å². The Labute approximate surface area is 234 Å². The van der Waals surface area contributed by atoms with E-state index in [1.807, 2.05) is 24.3 Å². The molecule has 4 heterocycles. The van der Waals surface area contributed by atoms with Crippen LogP contribution in [0.1, 0.15) is 0 Å². The maximum Gasteiger partial charge on any atom is 0.233 e. The molecule has 4 fully saturated rings. The van der Waals surface area contributed by atoms with Crippen LogP contribution in [0.2, 0.25) is 0 Å². The number of nitrogens with zero attached hydrogens (tertiary/aromatic N) is 6. The van der Waals surface area contributed by atoms with Gasteiger partial charge in [-0.1, -0.05) is 0 Å². The molecule has 6 aliphatic rings. The minimum absolute atomic E-state index is 0.176. The Morgan fingerprint density at radius 3 is 0.895 bits per heavy atom. The molecule has 6 rings (SSSR count). The summed E-state index contributed by atoms with van der Waals surface area (Å²) in [5.74, 6) is -6.05. The summed E-state index contributed by atoms with van der Waals surface area (Å²) in [6.07, 6.45) is 0. The number of nitriles is 4. The number of rotatable bonds is 0. The molecule has 2 aliphatic carbocycles. The number of allylic oxidation sites excluding steroid dienone is 4. The third kappa shape index (κ3) is 3.09. The first kappa shape index (κ1) is 25.4. The average Bonchev–Trinajstić information content (AvgIpc) is 2.93. The molecule has 0 N–H and O–H groups in total. The van der Waals surface area contributed by atoms with Crippen LogP contribution in [0.3, 0.4) is 0 Å². The van der Waals surface area contributed by atoms with E-state index in [0.29, 0.717) is 0 Å². The zero-order valence-corrected chi connectivity index (χ0v) is 23.0. The normalized spacial score (nSPS) is 41.3. The predicted molar refractivity (Wildman–Crippen MR) is 139 cm³/mol. The summed E-state index contributed by atoms with van der Waals surface area (Å²) in [5, 5.41) is 36.7. The van der Waals surface area contributed by atoms with Crippen LogP contribution in [0.15, 0.2) is 19.6 Å². The second-order valence-electron chi connectivity index (χ2n) is 9.82. The molecule has 2 saturated heterocycles. The van der Waals surface area contributed by atoms with Gasteiger partial charge in [0.2, 0.25) is 23.6 Å². The Bertz CT molecular complexity index is 1270. The van der Waals surface area contributed by atoms with E-state index in [4.69, 9.17) is 0 Å². The number of likely N-dealkylation sites (tertiary alicyclic amines) is 2. The first-order valence-corrected chi connectivity index (χ1v) is 15.1. The number of hydrogen-bond donors (Lipinski definition) is 0. The van der Waals surface area contributed by atoms with Gasteiger partial charge in [0.05, 0.1) is 23.7 Å². The molecule has 0 spiro atoms. The lowest BCUT2D eigenvalue weighted by Gasteiger charge is -2.64. The molecular weight excluding hydrogens is 565 g/mol. The van der Waals surface area contributed by atoms with E-state index in [1.54, 1.807) is 0 Å². The quantitative estimate of drug-likeness (QED) is 0.380. The molecular formula is C24H16N6O4S4. The van der Waals surface area contributed by atoms with E-state index in [0.717, 1.165) is 56.8 Å². The lowest BCUT2D eigenvalue weighted by atomic mass is 9.50. The van der Waals surface area contributed by atoms with Gasteiger partial charge in [-0.15, -0.1) is 47.0 Å². The molecule has 8 unspecified atom stereocenters. The maximum atomic E-state index is 13.7. The standard InChI is InChI=1S/C24H16N6O4S4/c1-29-21(31)13-11-12-15(19-17(13)35-7(3-25)9(5-27)37-19)23(33)30(2)24(34)16(12)20-18(14(11)22(29)32)36-8(4-26)10(6-28)38-20/h11-20H,1-2H3. The molecule has 2 saturated carbocycles. The van der Waals surface area contributed by atoms with E-state index >= 15 is 0 Å². The minimum Gasteiger partial charge on any atom is -0.285 e. The van der Waals surface area contributed by atoms with Crippen molar-refractivity contribution in [3.8, 4) is 24.3 Å². The van der Waals surface area contributed by atoms with Crippen LogP contribution in [0.5, 0.6) is 0 Å². The first-order chi connectivity index (χ1) is 18.2. The number of thioether (sulfide) groups is 4. The summed E-state index contributed by atoms with van der Waals surface area (Å²) in [5.41, 5.74) is 0. The third-order valence-electron chi connectivity index (χ3n) is 8.46. The molecule has 190 valence electrons. The highest BCUT2D eigenvalue weighted by molar-refractivity contribution is 8.11. The number of hydrogen-bond acceptors (Lipinski definition) is 12. The van der Waals surface area contributed by atoms with Gasteiger partial charge < -0.3 is 0 Å². The molecule has 8 atom stereocenters. The van der Waals surface area contributed by atoms with Crippen LogP contribution in [0, 0.1) is 80.8 Å². The maximum absolute atomic E-state index is 13.7. The Hall–Kier alpha value is -2.88. The Morgan fingerprint density at radius 1 is 0.500 bits per heavy atom. The van der Waals surface area contributed by atoms with E-state index in [9.17, 15) is 40.2 Å². The van der Waals surface area contributed by atoms with E-state index in [-0.39, 0.29) is 19.6 Å². The number of fused-ring (bicyclic) bond motifs is 6. The van der Waals surface area contributed by atoms with Gasteiger partial charge >= 0.3 is 0 Å². The van der Waals surface area contributed by atoms with Gasteiger partial charge in [0.1, 0.15) is 43.9 Å². The lowest BCUT2D eigenvalue weighted by Crippen LogP contribution is -2.75. The molecule has 14 heteroatoms. The van der Waals surface area contributed by atoms with Crippen molar-refractivity contribution in [2.45, 2.75) is 21.0 Å². The summed E-state index contributed by atoms with van der Waals surface area (Å²) in [6.45, 7) is 0. The number of piperidine rings is 2. The summed E-state index contributed by atoms with van der Waals surface area (Å²) in [6, 6.07) is 8.20. The zero-order valence-electron chi connectivity index (χ0n) is 19.7. The van der Waals surface area contributed by atoms with Gasteiger partial charge in [0, 0.05) is 35.1 Å². The Kier molecular flexibility index (Phi) is 5.90. The van der Waals surface area contributed by atoms with Crippen molar-refractivity contribution < 1.29 is 19.2 Å². The fourth-order valence-electron chi connectivity index (χ4n) is 7.06. The van der Waals surface area contributed by atoms with Gasteiger partial charge in [-0.25, -0.2) is 0 Å². The lowest BCUT2D eigenvalue weighted by molar-refractivity contribution is -0.181. The van der Waals surface area contributed by atoms with E-state index in [1.165, 1.54) is 14.1 Å². The summed E-state index contributed by atoms with van der Waals surface area (Å²) < 4.78 is 0. The second kappa shape index (κ2) is 8.83. The van der Waals surface area contributed by atoms with Crippen LogP contribution < -0.4 is 0 Å². The highest BCUT2D eigenvalue weighted by Gasteiger charge is 2.72. The van der Waals surface area contributed by atoms with Gasteiger partial charge in [0.25, 0.3) is 0 Å². The largest absolute Gasteiger partial charge is 0.285 e. The topological polar surface area (TPSA) is 170 Å². The highest BCUT2D eigenvalue weighted by atomic mass is 32.2. The molecule has 10 nitrogen and oxygen atoms in total. The Balaban J connectivity index is 1.60. The van der Waals surface area contributed by atoms with Crippen LogP contribution in [-0.2, 0) is 19.2 Å². The molecule has 4 aliphatic heterocycles. The molecule has 38 heavy (non-hydrogen) atoms. The number of imide groups is 2. The molecule has 0 aromatic carbocycles. The Morgan fingerprint density at radius 2 is 0.711 bits per heavy atom. The number of carbonyl (C=O) groups is 4. The predicted octanol–water partition coefficient (Wildman–Crippen LogP) is 1.66. The van der Waals surface area contributed by atoms with Crippen LogP contribution in [0.4, 0.5) is 0 Å². The minimum atomic E-state index is -0.764. The second-order valence-corrected chi connectivity index (χ2v) is 14.6. The summed E-state index contributed by atoms with van der Waals surface area (Å²) in [7, 11) is 2.83. The zero-order chi connectivity index (χ0) is 27.2. The SMILES string of the molecule is CN1C(=O)C2C3SC(C#N)=C(C#N)SC3C3C(=O)N(C)C(=O)C4C5SC(C#N)=C(C#N)SC5C(C1=O)C2C34. The monoisotopic (exact) mass is 580 g/mol. The van der Waals surface area contributed by atoms with Gasteiger partial charge in [-0.3, -0.25) is 29.0 Å². The van der Waals surface area contributed by atoms with E-state index in [2.05, 4.69) is 0 Å². The van der Waals surface area contributed by atoms with Crippen molar-refractivity contribution in [3.05, 3.63) is 19.6 Å². The van der Waals surface area contributed by atoms with Crippen molar-refractivity contribution in [1.82, 2.24) is 9.80 Å². The first-order valence-electron chi connectivity index (χ1n) is 11.6. The van der Waals surface area contributed by atoms with Crippen molar-refractivity contribution in [2.24, 2.45) is 35.5 Å². The van der Waals surface area contributed by atoms with Crippen molar-refractivity contribution in [3.63, 3.8) is 0 Å². The fraction of sp³-hybridized carbons (Fsp3) is 0.500. The summed E-state index contributed by atoms with van der Waals surface area (Å²) in [4.78, 5) is 57.9. The molecule has 0 aromatic heterocycles. The van der Waals surface area contributed by atoms with Gasteiger partial charge in [-0.2, -0.15) is 21.0 Å². The number of carbonyl (C=O) groups excluding carboxylic acids is 4. The fourth-order valence-corrected chi connectivity index (χ4v) is 13.2. The third-order valence-corrected chi connectivity index (χ3v) is 14.6. The molecule has 0 radical (unpaired) electrons. The van der Waals surface area contributed by atoms with Crippen LogP contribution in [0.25, 0.3) is 0 Å². The van der Waals surface area contributed by atoms with Gasteiger partial charge in [-0.05, 0) is 11.8 Å². The van der Waals surface area contributed by atoms with Crippen LogP contribution in [-0.4, -0.2) is 68.5 Å². The average molecular weight is 581 g/mol. The molecule has 0 aromatic rings. The van der Waals surface area contributed by atoms with Crippen molar-refractivity contribution >= 4 is 70.7 Å². The van der Waals surface area contributed by atoms with E-state index < -0.39 is 80.1 Å². The van der Waals surface area contributed by atoms with Crippen LogP contribution >= 0.6 is 47.0 Å². The van der Waals surface area contributed by atoms with Gasteiger partial charge in [0.15, 0.2) is 0 Å². The van der Waals surface area contributed by atoms with Crippen molar-refractivity contribution in [2.75, 3.05) is 14.1 Å².